The molecule has 9 heteroatoms. The number of non-ortho nitro benzene ring substituents is 1. The Morgan fingerprint density at radius 3 is 2.44 bits per heavy atom. The fourth-order valence-electron chi connectivity index (χ4n) is 5.13. The summed E-state index contributed by atoms with van der Waals surface area (Å²) >= 11 is 1.81. The minimum Gasteiger partial charge on any atom is -0.339 e. The zero-order chi connectivity index (χ0) is 25.1. The number of hydrogen-bond acceptors (Lipinski definition) is 6. The third kappa shape index (κ3) is 5.03. The number of carbonyl (C=O) groups excluding carboxylic acids is 2. The minimum absolute atomic E-state index is 0.0976. The SMILES string of the molecule is O=C(CCN1CCc2sccc2[C@H]1c1ccccc1)N1CCN(C(=O)c2cccc([N+](=O)[O-])c2)CC1. The van der Waals surface area contributed by atoms with Crippen LogP contribution in [0.5, 0.6) is 0 Å². The second kappa shape index (κ2) is 10.6. The van der Waals surface area contributed by atoms with Crippen molar-refractivity contribution >= 4 is 28.8 Å². The quantitative estimate of drug-likeness (QED) is 0.374. The standard InChI is InChI=1S/C27H28N4O4S/c32-25(28-14-16-30(17-15-28)27(33)21-7-4-8-22(19-21)31(34)35)10-13-29-12-9-24-23(11-18-36-24)26(29)20-5-2-1-3-6-20/h1-8,11,18-19,26H,9-10,12-17H2/t26-/m1/s1. The molecule has 1 fully saturated rings. The van der Waals surface area contributed by atoms with Crippen LogP contribution >= 0.6 is 11.3 Å². The molecule has 1 atom stereocenters. The van der Waals surface area contributed by atoms with Gasteiger partial charge in [-0.25, -0.2) is 0 Å². The molecule has 3 heterocycles. The third-order valence-corrected chi connectivity index (χ3v) is 8.01. The van der Waals surface area contributed by atoms with Crippen molar-refractivity contribution in [3.63, 3.8) is 0 Å². The van der Waals surface area contributed by atoms with Gasteiger partial charge in [0.2, 0.25) is 5.91 Å². The Bertz CT molecular complexity index is 1250. The van der Waals surface area contributed by atoms with Gasteiger partial charge >= 0.3 is 0 Å². The summed E-state index contributed by atoms with van der Waals surface area (Å²) < 4.78 is 0. The van der Waals surface area contributed by atoms with Crippen LogP contribution in [0.15, 0.2) is 66.0 Å². The maximum atomic E-state index is 13.1. The molecule has 2 aromatic carbocycles. The van der Waals surface area contributed by atoms with E-state index < -0.39 is 4.92 Å². The van der Waals surface area contributed by atoms with E-state index in [4.69, 9.17) is 0 Å². The summed E-state index contributed by atoms with van der Waals surface area (Å²) in [7, 11) is 0. The van der Waals surface area contributed by atoms with E-state index in [1.165, 1.54) is 34.2 Å². The topological polar surface area (TPSA) is 87.0 Å². The van der Waals surface area contributed by atoms with Crippen LogP contribution in [-0.2, 0) is 11.2 Å². The first-order valence-corrected chi connectivity index (χ1v) is 13.1. The van der Waals surface area contributed by atoms with Crippen LogP contribution in [0.4, 0.5) is 5.69 Å². The van der Waals surface area contributed by atoms with Crippen LogP contribution in [0.2, 0.25) is 0 Å². The lowest BCUT2D eigenvalue weighted by atomic mass is 9.93. The summed E-state index contributed by atoms with van der Waals surface area (Å²) in [4.78, 5) is 43.7. The summed E-state index contributed by atoms with van der Waals surface area (Å²) in [5, 5.41) is 13.2. The first kappa shape index (κ1) is 24.1. The Hall–Kier alpha value is -3.56. The lowest BCUT2D eigenvalue weighted by Gasteiger charge is -2.38. The second-order valence-corrected chi connectivity index (χ2v) is 10.1. The molecule has 1 saturated heterocycles. The van der Waals surface area contributed by atoms with Gasteiger partial charge in [0, 0.05) is 68.3 Å². The molecule has 8 nitrogen and oxygen atoms in total. The van der Waals surface area contributed by atoms with Gasteiger partial charge in [-0.3, -0.25) is 24.6 Å². The summed E-state index contributed by atoms with van der Waals surface area (Å²) in [6.07, 6.45) is 1.44. The molecular formula is C27H28N4O4S. The van der Waals surface area contributed by atoms with E-state index in [1.807, 2.05) is 22.3 Å². The van der Waals surface area contributed by atoms with Gasteiger partial charge in [0.25, 0.3) is 11.6 Å². The van der Waals surface area contributed by atoms with Gasteiger partial charge in [-0.15, -0.1) is 11.3 Å². The molecule has 2 aliphatic rings. The Kier molecular flexibility index (Phi) is 7.11. The van der Waals surface area contributed by atoms with Crippen molar-refractivity contribution < 1.29 is 14.5 Å². The molecule has 0 radical (unpaired) electrons. The van der Waals surface area contributed by atoms with Gasteiger partial charge in [-0.2, -0.15) is 0 Å². The molecule has 0 N–H and O–H groups in total. The van der Waals surface area contributed by atoms with Crippen molar-refractivity contribution in [1.82, 2.24) is 14.7 Å². The van der Waals surface area contributed by atoms with Crippen molar-refractivity contribution in [1.29, 1.82) is 0 Å². The molecule has 0 spiro atoms. The first-order valence-electron chi connectivity index (χ1n) is 12.2. The van der Waals surface area contributed by atoms with Crippen molar-refractivity contribution in [2.75, 3.05) is 39.3 Å². The van der Waals surface area contributed by atoms with Gasteiger partial charge in [-0.05, 0) is 35.1 Å². The van der Waals surface area contributed by atoms with E-state index in [-0.39, 0.29) is 23.5 Å². The van der Waals surface area contributed by atoms with Gasteiger partial charge in [0.05, 0.1) is 11.0 Å². The summed E-state index contributed by atoms with van der Waals surface area (Å²) in [5.41, 5.74) is 2.79. The highest BCUT2D eigenvalue weighted by Gasteiger charge is 2.31. The highest BCUT2D eigenvalue weighted by molar-refractivity contribution is 7.10. The number of benzene rings is 2. The maximum Gasteiger partial charge on any atom is 0.270 e. The Balaban J connectivity index is 1.18. The number of amides is 2. The predicted molar refractivity (Wildman–Crippen MR) is 138 cm³/mol. The monoisotopic (exact) mass is 504 g/mol. The molecule has 0 unspecified atom stereocenters. The summed E-state index contributed by atoms with van der Waals surface area (Å²) in [6, 6.07) is 18.6. The third-order valence-electron chi connectivity index (χ3n) is 7.02. The number of thiophene rings is 1. The lowest BCUT2D eigenvalue weighted by Crippen LogP contribution is -2.51. The number of nitro groups is 1. The fourth-order valence-corrected chi connectivity index (χ4v) is 6.03. The van der Waals surface area contributed by atoms with Gasteiger partial charge < -0.3 is 9.80 Å². The van der Waals surface area contributed by atoms with Crippen molar-refractivity contribution in [3.05, 3.63) is 97.7 Å². The zero-order valence-corrected chi connectivity index (χ0v) is 20.7. The van der Waals surface area contributed by atoms with Crippen LogP contribution < -0.4 is 0 Å². The van der Waals surface area contributed by atoms with E-state index in [9.17, 15) is 19.7 Å². The number of fused-ring (bicyclic) bond motifs is 1. The molecule has 3 aromatic rings. The van der Waals surface area contributed by atoms with Gasteiger partial charge in [0.1, 0.15) is 0 Å². The van der Waals surface area contributed by atoms with Crippen molar-refractivity contribution in [2.45, 2.75) is 18.9 Å². The number of hydrogen-bond donors (Lipinski definition) is 0. The van der Waals surface area contributed by atoms with Gasteiger partial charge in [-0.1, -0.05) is 36.4 Å². The van der Waals surface area contributed by atoms with Crippen LogP contribution in [0.25, 0.3) is 0 Å². The van der Waals surface area contributed by atoms with E-state index >= 15 is 0 Å². The Labute approximate surface area is 213 Å². The van der Waals surface area contributed by atoms with E-state index in [0.29, 0.717) is 44.7 Å². The number of carbonyl (C=O) groups is 2. The van der Waals surface area contributed by atoms with Crippen LogP contribution in [0.1, 0.15) is 38.8 Å². The van der Waals surface area contributed by atoms with Crippen molar-refractivity contribution in [3.8, 4) is 0 Å². The molecule has 1 aromatic heterocycles. The predicted octanol–water partition coefficient (Wildman–Crippen LogP) is 3.98. The average Bonchev–Trinajstić information content (AvgIpc) is 3.40. The first-order chi connectivity index (χ1) is 17.5. The zero-order valence-electron chi connectivity index (χ0n) is 19.9. The number of nitro benzene ring substituents is 1. The molecule has 0 aliphatic carbocycles. The molecule has 2 amide bonds. The minimum atomic E-state index is -0.503. The largest absolute Gasteiger partial charge is 0.339 e. The van der Waals surface area contributed by atoms with Crippen molar-refractivity contribution in [2.24, 2.45) is 0 Å². The molecule has 186 valence electrons. The molecule has 5 rings (SSSR count). The normalized spacial score (nSPS) is 18.1. The molecular weight excluding hydrogens is 476 g/mol. The van der Waals surface area contributed by atoms with E-state index in [0.717, 1.165) is 13.0 Å². The molecule has 0 saturated carbocycles. The number of piperazine rings is 1. The number of nitrogens with zero attached hydrogens (tertiary/aromatic N) is 4. The molecule has 2 aliphatic heterocycles. The van der Waals surface area contributed by atoms with Crippen LogP contribution in [0, 0.1) is 10.1 Å². The van der Waals surface area contributed by atoms with E-state index in [1.54, 1.807) is 11.0 Å². The Morgan fingerprint density at radius 1 is 0.944 bits per heavy atom. The highest BCUT2D eigenvalue weighted by atomic mass is 32.1. The van der Waals surface area contributed by atoms with Crippen LogP contribution in [-0.4, -0.2) is 70.7 Å². The smallest absolute Gasteiger partial charge is 0.270 e. The fraction of sp³-hybridized carbons (Fsp3) is 0.333. The Morgan fingerprint density at radius 2 is 1.69 bits per heavy atom. The lowest BCUT2D eigenvalue weighted by molar-refractivity contribution is -0.384. The highest BCUT2D eigenvalue weighted by Crippen LogP contribution is 2.37. The average molecular weight is 505 g/mol. The maximum absolute atomic E-state index is 13.1. The second-order valence-electron chi connectivity index (χ2n) is 9.13. The molecule has 36 heavy (non-hydrogen) atoms. The van der Waals surface area contributed by atoms with Gasteiger partial charge in [0.15, 0.2) is 0 Å². The summed E-state index contributed by atoms with van der Waals surface area (Å²) in [6.45, 7) is 3.38. The van der Waals surface area contributed by atoms with Crippen LogP contribution in [0.3, 0.4) is 0 Å². The molecule has 0 bridgehead atoms. The number of rotatable bonds is 6. The van der Waals surface area contributed by atoms with E-state index in [2.05, 4.69) is 40.6 Å². The summed E-state index contributed by atoms with van der Waals surface area (Å²) in [5.74, 6) is -0.142.